The average Bonchev–Trinajstić information content (AvgIpc) is 3.01. The Morgan fingerprint density at radius 2 is 2.23 bits per heavy atom. The highest BCUT2D eigenvalue weighted by atomic mass is 32.1. The lowest BCUT2D eigenvalue weighted by Gasteiger charge is -2.30. The van der Waals surface area contributed by atoms with Gasteiger partial charge in [0.05, 0.1) is 11.3 Å². The van der Waals surface area contributed by atoms with E-state index < -0.39 is 17.8 Å². The van der Waals surface area contributed by atoms with Crippen LogP contribution >= 0.6 is 11.3 Å². The Morgan fingerprint density at radius 1 is 1.42 bits per heavy atom. The van der Waals surface area contributed by atoms with Gasteiger partial charge in [-0.1, -0.05) is 6.92 Å². The second-order valence-electron chi connectivity index (χ2n) is 6.51. The highest BCUT2D eigenvalue weighted by molar-refractivity contribution is 7.13. The van der Waals surface area contributed by atoms with E-state index in [9.17, 15) is 18.0 Å². The molecule has 2 aromatic heterocycles. The summed E-state index contributed by atoms with van der Waals surface area (Å²) in [5, 5.41) is 4.93. The van der Waals surface area contributed by atoms with Gasteiger partial charge in [-0.15, -0.1) is 11.3 Å². The third-order valence-corrected chi connectivity index (χ3v) is 5.02. The molecule has 26 heavy (non-hydrogen) atoms. The smallest absolute Gasteiger partial charge is 0.298 e. The summed E-state index contributed by atoms with van der Waals surface area (Å²) in [4.78, 5) is 22.2. The van der Waals surface area contributed by atoms with Gasteiger partial charge in [-0.05, 0) is 37.4 Å². The van der Waals surface area contributed by atoms with Gasteiger partial charge in [-0.3, -0.25) is 20.0 Å². The number of rotatable bonds is 4. The Hall–Kier alpha value is -2.00. The minimum absolute atomic E-state index is 0.0552. The maximum atomic E-state index is 12.5. The Bertz CT molecular complexity index is 760. The monoisotopic (exact) mass is 384 g/mol. The van der Waals surface area contributed by atoms with Crippen molar-refractivity contribution in [1.29, 1.82) is 0 Å². The van der Waals surface area contributed by atoms with Crippen LogP contribution in [0.5, 0.6) is 0 Å². The molecule has 1 aliphatic rings. The highest BCUT2D eigenvalue weighted by Crippen LogP contribution is 2.27. The Kier molecular flexibility index (Phi) is 5.57. The van der Waals surface area contributed by atoms with Gasteiger partial charge in [0.25, 0.3) is 5.91 Å². The third-order valence-electron chi connectivity index (χ3n) is 4.22. The van der Waals surface area contributed by atoms with E-state index in [1.54, 1.807) is 0 Å². The first-order valence-corrected chi connectivity index (χ1v) is 9.20. The van der Waals surface area contributed by atoms with Gasteiger partial charge < -0.3 is 0 Å². The predicted molar refractivity (Wildman–Crippen MR) is 93.0 cm³/mol. The van der Waals surface area contributed by atoms with E-state index in [4.69, 9.17) is 0 Å². The molecule has 0 aromatic carbocycles. The van der Waals surface area contributed by atoms with Crippen molar-refractivity contribution in [2.45, 2.75) is 32.5 Å². The first-order chi connectivity index (χ1) is 12.3. The fourth-order valence-corrected chi connectivity index (χ4v) is 3.66. The topological polar surface area (TPSA) is 58.1 Å². The van der Waals surface area contributed by atoms with E-state index >= 15 is 0 Å². The number of amides is 1. The number of nitrogens with zero attached hydrogens (tertiary/aromatic N) is 3. The summed E-state index contributed by atoms with van der Waals surface area (Å²) < 4.78 is 37.5. The number of alkyl halides is 3. The first kappa shape index (κ1) is 18.8. The van der Waals surface area contributed by atoms with Crippen LogP contribution < -0.4 is 5.32 Å². The highest BCUT2D eigenvalue weighted by Gasteiger charge is 2.32. The SMILES string of the molecule is CC1CCCN(Cc2csc(NC(=O)c3ccc(C(F)(F)F)nc3)n2)C1. The van der Waals surface area contributed by atoms with Gasteiger partial charge in [0, 0.05) is 24.7 Å². The van der Waals surface area contributed by atoms with Crippen molar-refractivity contribution >= 4 is 22.4 Å². The van der Waals surface area contributed by atoms with Crippen molar-refractivity contribution in [2.75, 3.05) is 18.4 Å². The van der Waals surface area contributed by atoms with Crippen molar-refractivity contribution in [3.8, 4) is 0 Å². The van der Waals surface area contributed by atoms with Crippen LogP contribution in [0, 0.1) is 5.92 Å². The number of thiazole rings is 1. The number of likely N-dealkylation sites (tertiary alicyclic amines) is 1. The van der Waals surface area contributed by atoms with Crippen LogP contribution in [-0.2, 0) is 12.7 Å². The molecule has 0 saturated carbocycles. The van der Waals surface area contributed by atoms with Crippen LogP contribution in [0.2, 0.25) is 0 Å². The van der Waals surface area contributed by atoms with Crippen LogP contribution in [-0.4, -0.2) is 33.9 Å². The second-order valence-corrected chi connectivity index (χ2v) is 7.37. The van der Waals surface area contributed by atoms with E-state index in [-0.39, 0.29) is 5.56 Å². The van der Waals surface area contributed by atoms with Gasteiger partial charge in [-0.25, -0.2) is 4.98 Å². The molecule has 1 saturated heterocycles. The molecule has 3 heterocycles. The van der Waals surface area contributed by atoms with Crippen molar-refractivity contribution < 1.29 is 18.0 Å². The van der Waals surface area contributed by atoms with E-state index in [2.05, 4.69) is 27.1 Å². The maximum Gasteiger partial charge on any atom is 0.433 e. The van der Waals surface area contributed by atoms with Gasteiger partial charge in [0.2, 0.25) is 0 Å². The molecule has 1 unspecified atom stereocenters. The molecule has 1 atom stereocenters. The largest absolute Gasteiger partial charge is 0.433 e. The zero-order chi connectivity index (χ0) is 18.7. The first-order valence-electron chi connectivity index (χ1n) is 8.32. The Morgan fingerprint density at radius 3 is 2.88 bits per heavy atom. The molecule has 1 amide bonds. The lowest BCUT2D eigenvalue weighted by molar-refractivity contribution is -0.141. The Balaban J connectivity index is 1.59. The van der Waals surface area contributed by atoms with Crippen LogP contribution in [0.1, 0.15) is 41.5 Å². The normalized spacial score (nSPS) is 18.7. The lowest BCUT2D eigenvalue weighted by atomic mass is 10.0. The molecule has 140 valence electrons. The third kappa shape index (κ3) is 4.79. The zero-order valence-electron chi connectivity index (χ0n) is 14.2. The Labute approximate surface area is 153 Å². The fourth-order valence-electron chi connectivity index (χ4n) is 2.96. The van der Waals surface area contributed by atoms with E-state index in [0.29, 0.717) is 11.0 Å². The molecule has 0 bridgehead atoms. The van der Waals surface area contributed by atoms with E-state index in [0.717, 1.165) is 43.7 Å². The molecule has 1 N–H and O–H groups in total. The number of piperidine rings is 1. The lowest BCUT2D eigenvalue weighted by Crippen LogP contribution is -2.33. The summed E-state index contributed by atoms with van der Waals surface area (Å²) in [6.45, 7) is 5.05. The molecular weight excluding hydrogens is 365 g/mol. The second kappa shape index (κ2) is 7.71. The number of aromatic nitrogens is 2. The summed E-state index contributed by atoms with van der Waals surface area (Å²) in [6.07, 6.45) is -1.18. The molecular formula is C17H19F3N4OS. The molecule has 2 aromatic rings. The van der Waals surface area contributed by atoms with Crippen LogP contribution in [0.4, 0.5) is 18.3 Å². The standard InChI is InChI=1S/C17H19F3N4OS/c1-11-3-2-6-24(8-11)9-13-10-26-16(22-13)23-15(25)12-4-5-14(21-7-12)17(18,19)20/h4-5,7,10-11H,2-3,6,8-9H2,1H3,(H,22,23,25). The summed E-state index contributed by atoms with van der Waals surface area (Å²) in [6, 6.07) is 1.90. The molecule has 1 fully saturated rings. The minimum atomic E-state index is -4.52. The van der Waals surface area contributed by atoms with E-state index in [1.165, 1.54) is 24.2 Å². The van der Waals surface area contributed by atoms with Gasteiger partial charge in [0.1, 0.15) is 5.69 Å². The number of anilines is 1. The quantitative estimate of drug-likeness (QED) is 0.864. The number of carbonyl (C=O) groups is 1. The average molecular weight is 384 g/mol. The molecule has 5 nitrogen and oxygen atoms in total. The van der Waals surface area contributed by atoms with Crippen LogP contribution in [0.15, 0.2) is 23.7 Å². The van der Waals surface area contributed by atoms with Crippen LogP contribution in [0.25, 0.3) is 0 Å². The van der Waals surface area contributed by atoms with Gasteiger partial charge in [-0.2, -0.15) is 13.2 Å². The van der Waals surface area contributed by atoms with E-state index in [1.807, 2.05) is 5.38 Å². The maximum absolute atomic E-state index is 12.5. The van der Waals surface area contributed by atoms with Gasteiger partial charge >= 0.3 is 6.18 Å². The van der Waals surface area contributed by atoms with Crippen molar-refractivity contribution in [3.05, 3.63) is 40.7 Å². The molecule has 0 spiro atoms. The number of hydrogen-bond acceptors (Lipinski definition) is 5. The number of halogens is 3. The fraction of sp³-hybridized carbons (Fsp3) is 0.471. The molecule has 0 radical (unpaired) electrons. The number of hydrogen-bond donors (Lipinski definition) is 1. The summed E-state index contributed by atoms with van der Waals surface area (Å²) in [5.41, 5.74) is -0.0918. The number of nitrogens with one attached hydrogen (secondary N) is 1. The summed E-state index contributed by atoms with van der Waals surface area (Å²) in [5.74, 6) is 0.146. The molecule has 3 rings (SSSR count). The summed E-state index contributed by atoms with van der Waals surface area (Å²) in [7, 11) is 0. The minimum Gasteiger partial charge on any atom is -0.298 e. The van der Waals surface area contributed by atoms with Crippen molar-refractivity contribution in [2.24, 2.45) is 5.92 Å². The van der Waals surface area contributed by atoms with Crippen LogP contribution in [0.3, 0.4) is 0 Å². The number of carbonyl (C=O) groups excluding carboxylic acids is 1. The molecule has 0 aliphatic carbocycles. The predicted octanol–water partition coefficient (Wildman–Crippen LogP) is 4.04. The van der Waals surface area contributed by atoms with Gasteiger partial charge in [0.15, 0.2) is 5.13 Å². The van der Waals surface area contributed by atoms with Crippen molar-refractivity contribution in [3.63, 3.8) is 0 Å². The number of pyridine rings is 1. The zero-order valence-corrected chi connectivity index (χ0v) is 15.0. The van der Waals surface area contributed by atoms with Crippen molar-refractivity contribution in [1.82, 2.24) is 14.9 Å². The summed E-state index contributed by atoms with van der Waals surface area (Å²) >= 11 is 1.30. The molecule has 1 aliphatic heterocycles. The molecule has 9 heteroatoms.